The summed E-state index contributed by atoms with van der Waals surface area (Å²) in [6, 6.07) is 8.91. The van der Waals surface area contributed by atoms with Gasteiger partial charge in [0, 0.05) is 0 Å². The summed E-state index contributed by atoms with van der Waals surface area (Å²) in [6.07, 6.45) is 12.9. The Balaban J connectivity index is 0.00000133. The summed E-state index contributed by atoms with van der Waals surface area (Å²) >= 11 is -1.68. The van der Waals surface area contributed by atoms with Crippen LogP contribution in [0.3, 0.4) is 0 Å². The van der Waals surface area contributed by atoms with E-state index in [1.165, 1.54) is 12.0 Å². The van der Waals surface area contributed by atoms with Gasteiger partial charge >= 0.3 is 117 Å². The van der Waals surface area contributed by atoms with Crippen molar-refractivity contribution < 1.29 is 33.7 Å². The molecule has 0 nitrogen and oxygen atoms in total. The number of allylic oxidation sites excluding steroid dienone is 5. The van der Waals surface area contributed by atoms with E-state index in [1.54, 1.807) is 12.1 Å². The van der Waals surface area contributed by atoms with Gasteiger partial charge in [-0.1, -0.05) is 0 Å². The zero-order chi connectivity index (χ0) is 12.5. The molecule has 0 heterocycles. The van der Waals surface area contributed by atoms with Crippen LogP contribution in [0.2, 0.25) is 0 Å². The molecule has 2 heteroatoms. The van der Waals surface area contributed by atoms with Crippen LogP contribution in [-0.2, 0) is 21.3 Å². The van der Waals surface area contributed by atoms with Gasteiger partial charge < -0.3 is 12.4 Å². The fraction of sp³-hybridized carbons (Fsp3) is 0.235. The average Bonchev–Trinajstić information content (AvgIpc) is 3.00. The van der Waals surface area contributed by atoms with Gasteiger partial charge in [0.25, 0.3) is 0 Å². The molecule has 2 aliphatic rings. The standard InChI is InChI=1S/C9H7.C5H5.C3H6.ClH.Zr/c1-2-5-9-7-3-6-8(9)4-1;1-2-4-5-3-1;1-3-2;;/h1-7H;1-3H,4H2;1-2H3;1H;/q;;;;+1/p-1. The SMILES string of the molecule is C[C](C)=[Zr+]([C]1=CC=CC1)[CH]1C=Cc2ccccc21.[Cl-]. The molecule has 0 aliphatic heterocycles. The van der Waals surface area contributed by atoms with E-state index in [-0.39, 0.29) is 12.4 Å². The first kappa shape index (κ1) is 14.9. The number of fused-ring (bicyclic) bond motifs is 1. The van der Waals surface area contributed by atoms with E-state index in [1.807, 2.05) is 0 Å². The third kappa shape index (κ3) is 2.83. The Morgan fingerprint density at radius 3 is 2.68 bits per heavy atom. The molecule has 97 valence electrons. The Labute approximate surface area is 129 Å². The van der Waals surface area contributed by atoms with Gasteiger partial charge in [-0.05, 0) is 0 Å². The van der Waals surface area contributed by atoms with Crippen LogP contribution in [-0.4, -0.2) is 3.21 Å². The molecule has 1 atom stereocenters. The van der Waals surface area contributed by atoms with Crippen molar-refractivity contribution in [3.05, 3.63) is 63.0 Å². The maximum absolute atomic E-state index is 2.46. The summed E-state index contributed by atoms with van der Waals surface area (Å²) in [4.78, 5) is 0. The number of hydrogen-bond acceptors (Lipinski definition) is 0. The maximum atomic E-state index is 2.46. The summed E-state index contributed by atoms with van der Waals surface area (Å²) < 4.78 is 4.18. The second-order valence-electron chi connectivity index (χ2n) is 5.20. The van der Waals surface area contributed by atoms with Crippen molar-refractivity contribution in [3.63, 3.8) is 0 Å². The van der Waals surface area contributed by atoms with Gasteiger partial charge in [0.15, 0.2) is 0 Å². The van der Waals surface area contributed by atoms with Crippen LogP contribution in [0.25, 0.3) is 6.08 Å². The zero-order valence-corrected chi connectivity index (χ0v) is 14.6. The molecule has 0 saturated carbocycles. The van der Waals surface area contributed by atoms with Crippen LogP contribution in [0.5, 0.6) is 0 Å². The third-order valence-electron chi connectivity index (χ3n) is 3.77. The van der Waals surface area contributed by atoms with Crippen molar-refractivity contribution in [1.29, 1.82) is 0 Å². The molecule has 0 bridgehead atoms. The van der Waals surface area contributed by atoms with Crippen LogP contribution < -0.4 is 12.4 Å². The summed E-state index contributed by atoms with van der Waals surface area (Å²) in [5, 5.41) is 0. The van der Waals surface area contributed by atoms with Gasteiger partial charge in [-0.25, -0.2) is 0 Å². The van der Waals surface area contributed by atoms with Crippen molar-refractivity contribution in [3.8, 4) is 0 Å². The third-order valence-corrected chi connectivity index (χ3v) is 11.8. The van der Waals surface area contributed by atoms with Gasteiger partial charge in [-0.15, -0.1) is 0 Å². The van der Waals surface area contributed by atoms with Crippen molar-refractivity contribution in [2.75, 3.05) is 0 Å². The molecule has 0 N–H and O–H groups in total. The normalized spacial score (nSPS) is 18.8. The first-order chi connectivity index (χ1) is 8.77. The van der Waals surface area contributed by atoms with Gasteiger partial charge in [0.2, 0.25) is 0 Å². The quantitative estimate of drug-likeness (QED) is 0.758. The van der Waals surface area contributed by atoms with Crippen molar-refractivity contribution in [2.24, 2.45) is 0 Å². The number of halogens is 1. The second kappa shape index (κ2) is 6.29. The van der Waals surface area contributed by atoms with Gasteiger partial charge in [-0.3, -0.25) is 0 Å². The molecule has 0 amide bonds. The van der Waals surface area contributed by atoms with Crippen LogP contribution in [0, 0.1) is 0 Å². The molecular formula is C17H18ClZr. The van der Waals surface area contributed by atoms with Crippen molar-refractivity contribution >= 4 is 9.28 Å². The summed E-state index contributed by atoms with van der Waals surface area (Å²) in [5.41, 5.74) is 3.01. The monoisotopic (exact) mass is 347 g/mol. The molecule has 0 aromatic heterocycles. The molecular weight excluding hydrogens is 331 g/mol. The smallest absolute Gasteiger partial charge is 1.00 e. The van der Waals surface area contributed by atoms with E-state index in [9.17, 15) is 0 Å². The minimum atomic E-state index is -1.68. The minimum Gasteiger partial charge on any atom is -1.00 e. The van der Waals surface area contributed by atoms with Crippen molar-refractivity contribution in [2.45, 2.75) is 23.9 Å². The molecule has 1 aromatic carbocycles. The molecule has 3 rings (SSSR count). The summed E-state index contributed by atoms with van der Waals surface area (Å²) in [6.45, 7) is 4.70. The fourth-order valence-corrected chi connectivity index (χ4v) is 10.7. The summed E-state index contributed by atoms with van der Waals surface area (Å²) in [7, 11) is 0. The predicted octanol–water partition coefficient (Wildman–Crippen LogP) is 1.43. The number of rotatable bonds is 2. The Bertz CT molecular complexity index is 601. The Kier molecular flexibility index (Phi) is 4.93. The van der Waals surface area contributed by atoms with E-state index in [0.29, 0.717) is 0 Å². The Hall–Kier alpha value is -0.517. The first-order valence-electron chi connectivity index (χ1n) is 6.58. The summed E-state index contributed by atoms with van der Waals surface area (Å²) in [5.74, 6) is 0. The molecule has 2 aliphatic carbocycles. The second-order valence-corrected chi connectivity index (χ2v) is 12.8. The van der Waals surface area contributed by atoms with Gasteiger partial charge in [-0.2, -0.15) is 0 Å². The predicted molar refractivity (Wildman–Crippen MR) is 76.4 cm³/mol. The maximum Gasteiger partial charge on any atom is -1.00 e. The van der Waals surface area contributed by atoms with Crippen LogP contribution in [0.15, 0.2) is 51.9 Å². The number of benzene rings is 1. The average molecular weight is 349 g/mol. The van der Waals surface area contributed by atoms with E-state index in [4.69, 9.17) is 0 Å². The molecule has 0 radical (unpaired) electrons. The van der Waals surface area contributed by atoms with E-state index >= 15 is 0 Å². The van der Waals surface area contributed by atoms with Crippen LogP contribution in [0.4, 0.5) is 0 Å². The van der Waals surface area contributed by atoms with E-state index < -0.39 is 21.3 Å². The number of hydrogen-bond donors (Lipinski definition) is 0. The fourth-order valence-electron chi connectivity index (χ4n) is 2.98. The van der Waals surface area contributed by atoms with Crippen molar-refractivity contribution in [1.82, 2.24) is 0 Å². The van der Waals surface area contributed by atoms with Gasteiger partial charge in [0.1, 0.15) is 0 Å². The molecule has 19 heavy (non-hydrogen) atoms. The molecule has 0 spiro atoms. The van der Waals surface area contributed by atoms with Crippen LogP contribution in [0.1, 0.15) is 35.0 Å². The minimum absolute atomic E-state index is 0. The Morgan fingerprint density at radius 1 is 1.21 bits per heavy atom. The zero-order valence-electron chi connectivity index (χ0n) is 11.4. The topological polar surface area (TPSA) is 0 Å². The van der Waals surface area contributed by atoms with E-state index in [2.05, 4.69) is 68.5 Å². The first-order valence-corrected chi connectivity index (χ1v) is 10.5. The van der Waals surface area contributed by atoms with Gasteiger partial charge in [0.05, 0.1) is 0 Å². The molecule has 1 aromatic rings. The molecule has 1 unspecified atom stereocenters. The van der Waals surface area contributed by atoms with Crippen LogP contribution >= 0.6 is 0 Å². The van der Waals surface area contributed by atoms with E-state index in [0.717, 1.165) is 3.63 Å². The molecule has 0 fully saturated rings. The molecule has 0 saturated heterocycles. The Morgan fingerprint density at radius 2 is 2.00 bits per heavy atom. The largest absolute Gasteiger partial charge is 1.00 e.